The summed E-state index contributed by atoms with van der Waals surface area (Å²) in [5.74, 6) is 0.164. The Kier molecular flexibility index (Phi) is 5.22. The van der Waals surface area contributed by atoms with Gasteiger partial charge in [0.05, 0.1) is 5.60 Å². The third-order valence-electron chi connectivity index (χ3n) is 3.33. The Morgan fingerprint density at radius 1 is 1.38 bits per heavy atom. The summed E-state index contributed by atoms with van der Waals surface area (Å²) < 4.78 is 5.87. The van der Waals surface area contributed by atoms with Crippen LogP contribution in [0.2, 0.25) is 0 Å². The topological polar surface area (TPSA) is 55.6 Å². The Hall–Kier alpha value is -0.610. The van der Waals surface area contributed by atoms with Gasteiger partial charge < -0.3 is 15.4 Å². The van der Waals surface area contributed by atoms with Gasteiger partial charge in [0.1, 0.15) is 0 Å². The van der Waals surface area contributed by atoms with Gasteiger partial charge in [-0.15, -0.1) is 0 Å². The molecule has 0 spiro atoms. The molecule has 0 aromatic rings. The average Bonchev–Trinajstić information content (AvgIpc) is 2.73. The van der Waals surface area contributed by atoms with E-state index in [0.29, 0.717) is 19.6 Å². The molecule has 4 heteroatoms. The molecular formula is C12H24N2O2. The lowest BCUT2D eigenvalue weighted by Crippen LogP contribution is -2.38. The van der Waals surface area contributed by atoms with E-state index >= 15 is 0 Å². The molecule has 0 radical (unpaired) electrons. The van der Waals surface area contributed by atoms with Crippen LogP contribution in [0.4, 0.5) is 0 Å². The molecule has 4 nitrogen and oxygen atoms in total. The quantitative estimate of drug-likeness (QED) is 0.694. The average molecular weight is 228 g/mol. The van der Waals surface area contributed by atoms with Crippen molar-refractivity contribution in [1.82, 2.24) is 4.90 Å². The first-order valence-corrected chi connectivity index (χ1v) is 6.14. The fourth-order valence-corrected chi connectivity index (χ4v) is 2.16. The highest BCUT2D eigenvalue weighted by Crippen LogP contribution is 2.32. The standard InChI is InChI=1S/C12H24N2O2/c1-14(2)11(15)6-5-9-16-12(10-13)7-3-4-8-12/h3-10,13H2,1-2H3. The second-order valence-electron chi connectivity index (χ2n) is 4.83. The van der Waals surface area contributed by atoms with Gasteiger partial charge in [0.2, 0.25) is 5.91 Å². The highest BCUT2D eigenvalue weighted by atomic mass is 16.5. The zero-order chi connectivity index (χ0) is 12.0. The molecule has 0 aromatic carbocycles. The van der Waals surface area contributed by atoms with Gasteiger partial charge in [0.15, 0.2) is 0 Å². The van der Waals surface area contributed by atoms with Crippen LogP contribution >= 0.6 is 0 Å². The SMILES string of the molecule is CN(C)C(=O)CCCOC1(CN)CCCC1. The highest BCUT2D eigenvalue weighted by Gasteiger charge is 2.32. The van der Waals surface area contributed by atoms with Crippen molar-refractivity contribution in [3.05, 3.63) is 0 Å². The molecule has 0 atom stereocenters. The summed E-state index contributed by atoms with van der Waals surface area (Å²) in [6.45, 7) is 1.26. The van der Waals surface area contributed by atoms with Gasteiger partial charge in [-0.1, -0.05) is 12.8 Å². The summed E-state index contributed by atoms with van der Waals surface area (Å²) >= 11 is 0. The molecule has 1 aliphatic rings. The van der Waals surface area contributed by atoms with E-state index in [2.05, 4.69) is 0 Å². The molecule has 2 N–H and O–H groups in total. The monoisotopic (exact) mass is 228 g/mol. The number of carbonyl (C=O) groups is 1. The van der Waals surface area contributed by atoms with Crippen molar-refractivity contribution < 1.29 is 9.53 Å². The molecule has 1 rings (SSSR count). The third-order valence-corrected chi connectivity index (χ3v) is 3.33. The number of amides is 1. The number of ether oxygens (including phenoxy) is 1. The van der Waals surface area contributed by atoms with Crippen LogP contribution in [0, 0.1) is 0 Å². The first kappa shape index (κ1) is 13.5. The second kappa shape index (κ2) is 6.21. The summed E-state index contributed by atoms with van der Waals surface area (Å²) in [5, 5.41) is 0. The molecule has 1 aliphatic carbocycles. The molecule has 0 saturated heterocycles. The van der Waals surface area contributed by atoms with Crippen LogP contribution in [0.3, 0.4) is 0 Å². The van der Waals surface area contributed by atoms with Gasteiger partial charge in [-0.05, 0) is 19.3 Å². The number of hydrogen-bond donors (Lipinski definition) is 1. The summed E-state index contributed by atoms with van der Waals surface area (Å²) in [5.41, 5.74) is 5.68. The predicted octanol–water partition coefficient (Wildman–Crippen LogP) is 1.14. The minimum Gasteiger partial charge on any atom is -0.374 e. The van der Waals surface area contributed by atoms with E-state index in [1.165, 1.54) is 12.8 Å². The second-order valence-corrected chi connectivity index (χ2v) is 4.83. The molecule has 0 bridgehead atoms. The lowest BCUT2D eigenvalue weighted by Gasteiger charge is -2.27. The number of nitrogens with zero attached hydrogens (tertiary/aromatic N) is 1. The Balaban J connectivity index is 2.17. The van der Waals surface area contributed by atoms with Crippen LogP contribution in [0.15, 0.2) is 0 Å². The van der Waals surface area contributed by atoms with Crippen LogP contribution in [0.25, 0.3) is 0 Å². The van der Waals surface area contributed by atoms with Gasteiger partial charge in [-0.3, -0.25) is 4.79 Å². The number of nitrogens with two attached hydrogens (primary N) is 1. The summed E-state index contributed by atoms with van der Waals surface area (Å²) in [7, 11) is 3.56. The Morgan fingerprint density at radius 2 is 2.00 bits per heavy atom. The lowest BCUT2D eigenvalue weighted by molar-refractivity contribution is -0.129. The molecule has 1 amide bonds. The van der Waals surface area contributed by atoms with Crippen molar-refractivity contribution in [1.29, 1.82) is 0 Å². The number of hydrogen-bond acceptors (Lipinski definition) is 3. The molecule has 0 heterocycles. The van der Waals surface area contributed by atoms with E-state index in [-0.39, 0.29) is 11.5 Å². The van der Waals surface area contributed by atoms with Crippen molar-refractivity contribution in [2.24, 2.45) is 5.73 Å². The minimum atomic E-state index is -0.0822. The van der Waals surface area contributed by atoms with Crippen LogP contribution in [-0.4, -0.2) is 43.7 Å². The van der Waals surface area contributed by atoms with Gasteiger partial charge >= 0.3 is 0 Å². The van der Waals surface area contributed by atoms with Crippen molar-refractivity contribution in [2.75, 3.05) is 27.2 Å². The maximum absolute atomic E-state index is 11.3. The minimum absolute atomic E-state index is 0.0822. The van der Waals surface area contributed by atoms with Crippen molar-refractivity contribution in [3.63, 3.8) is 0 Å². The van der Waals surface area contributed by atoms with Crippen LogP contribution < -0.4 is 5.73 Å². The Morgan fingerprint density at radius 3 is 2.50 bits per heavy atom. The van der Waals surface area contributed by atoms with Gasteiger partial charge in [-0.25, -0.2) is 0 Å². The number of rotatable bonds is 6. The van der Waals surface area contributed by atoms with Gasteiger partial charge in [-0.2, -0.15) is 0 Å². The third kappa shape index (κ3) is 3.76. The molecule has 0 aliphatic heterocycles. The molecular weight excluding hydrogens is 204 g/mol. The molecule has 1 fully saturated rings. The van der Waals surface area contributed by atoms with Crippen molar-refractivity contribution >= 4 is 5.91 Å². The van der Waals surface area contributed by atoms with E-state index in [1.54, 1.807) is 19.0 Å². The van der Waals surface area contributed by atoms with E-state index in [1.807, 2.05) is 0 Å². The molecule has 94 valence electrons. The molecule has 16 heavy (non-hydrogen) atoms. The fraction of sp³-hybridized carbons (Fsp3) is 0.917. The lowest BCUT2D eigenvalue weighted by atomic mass is 10.0. The summed E-state index contributed by atoms with van der Waals surface area (Å²) in [6, 6.07) is 0. The van der Waals surface area contributed by atoms with E-state index in [4.69, 9.17) is 10.5 Å². The van der Waals surface area contributed by atoms with Crippen LogP contribution in [-0.2, 0) is 9.53 Å². The Bertz CT molecular complexity index is 223. The summed E-state index contributed by atoms with van der Waals surface area (Å²) in [4.78, 5) is 13.0. The Labute approximate surface area is 98.1 Å². The largest absolute Gasteiger partial charge is 0.374 e. The first-order valence-electron chi connectivity index (χ1n) is 6.14. The molecule has 0 aromatic heterocycles. The predicted molar refractivity (Wildman–Crippen MR) is 64.1 cm³/mol. The van der Waals surface area contributed by atoms with E-state index in [9.17, 15) is 4.79 Å². The fourth-order valence-electron chi connectivity index (χ4n) is 2.16. The zero-order valence-corrected chi connectivity index (χ0v) is 10.5. The maximum Gasteiger partial charge on any atom is 0.222 e. The first-order chi connectivity index (χ1) is 7.59. The normalized spacial score (nSPS) is 18.7. The van der Waals surface area contributed by atoms with Gasteiger partial charge in [0, 0.05) is 33.7 Å². The van der Waals surface area contributed by atoms with E-state index < -0.39 is 0 Å². The van der Waals surface area contributed by atoms with Gasteiger partial charge in [0.25, 0.3) is 0 Å². The van der Waals surface area contributed by atoms with Crippen molar-refractivity contribution in [3.8, 4) is 0 Å². The number of carbonyl (C=O) groups excluding carboxylic acids is 1. The molecule has 1 saturated carbocycles. The van der Waals surface area contributed by atoms with Crippen LogP contribution in [0.5, 0.6) is 0 Å². The zero-order valence-electron chi connectivity index (χ0n) is 10.5. The maximum atomic E-state index is 11.3. The smallest absolute Gasteiger partial charge is 0.222 e. The highest BCUT2D eigenvalue weighted by molar-refractivity contribution is 5.75. The molecule has 0 unspecified atom stereocenters. The van der Waals surface area contributed by atoms with Crippen molar-refractivity contribution in [2.45, 2.75) is 44.1 Å². The van der Waals surface area contributed by atoms with E-state index in [0.717, 1.165) is 19.3 Å². The summed E-state index contributed by atoms with van der Waals surface area (Å²) in [6.07, 6.45) is 5.93. The van der Waals surface area contributed by atoms with Crippen LogP contribution in [0.1, 0.15) is 38.5 Å².